The largest absolute Gasteiger partial charge is 0.503 e. The van der Waals surface area contributed by atoms with E-state index in [1.807, 2.05) is 0 Å². The van der Waals surface area contributed by atoms with E-state index in [0.717, 1.165) is 0 Å². The molecular weight excluding hydrogens is 130 g/mol. The van der Waals surface area contributed by atoms with Crippen LogP contribution < -0.4 is 5.43 Å². The van der Waals surface area contributed by atoms with E-state index >= 15 is 0 Å². The quantitative estimate of drug-likeness (QED) is 0.555. The summed E-state index contributed by atoms with van der Waals surface area (Å²) in [5, 5.41) is 9.04. The molecule has 1 aromatic heterocycles. The third-order valence-corrected chi connectivity index (χ3v) is 1.43. The molecule has 0 aliphatic heterocycles. The first-order chi connectivity index (χ1) is 4.63. The van der Waals surface area contributed by atoms with Crippen molar-refractivity contribution in [1.82, 2.24) is 4.98 Å². The van der Waals surface area contributed by atoms with Crippen LogP contribution in [0.5, 0.6) is 5.75 Å². The minimum absolute atomic E-state index is 0.181. The summed E-state index contributed by atoms with van der Waals surface area (Å²) in [6.07, 6.45) is 1.58. The molecule has 54 valence electrons. The zero-order chi connectivity index (χ0) is 7.72. The molecule has 0 spiro atoms. The number of aromatic hydroxyl groups is 1. The first-order valence-electron chi connectivity index (χ1n) is 3.01. The molecule has 0 saturated heterocycles. The summed E-state index contributed by atoms with van der Waals surface area (Å²) in [6.45, 7) is 3.30. The Morgan fingerprint density at radius 2 is 2.10 bits per heavy atom. The number of rotatable bonds is 0. The van der Waals surface area contributed by atoms with Gasteiger partial charge in [0.25, 0.3) is 0 Å². The van der Waals surface area contributed by atoms with Crippen molar-refractivity contribution >= 4 is 0 Å². The Labute approximate surface area is 58.3 Å². The molecule has 0 aromatic carbocycles. The maximum atomic E-state index is 10.9. The van der Waals surface area contributed by atoms with E-state index in [1.165, 1.54) is 0 Å². The smallest absolute Gasteiger partial charge is 0.226 e. The fraction of sp³-hybridized carbons (Fsp3) is 0.286. The second-order valence-corrected chi connectivity index (χ2v) is 2.27. The maximum Gasteiger partial charge on any atom is 0.226 e. The second kappa shape index (κ2) is 2.17. The van der Waals surface area contributed by atoms with Crippen LogP contribution in [0.1, 0.15) is 11.3 Å². The molecule has 0 amide bonds. The third-order valence-electron chi connectivity index (χ3n) is 1.43. The first-order valence-corrected chi connectivity index (χ1v) is 3.01. The topological polar surface area (TPSA) is 53.1 Å². The average molecular weight is 139 g/mol. The Hall–Kier alpha value is -1.25. The molecular formula is C7H9NO2. The molecule has 0 bridgehead atoms. The molecule has 0 unspecified atom stereocenters. The highest BCUT2D eigenvalue weighted by Gasteiger charge is 2.01. The number of nitrogens with one attached hydrogen (secondary N) is 1. The molecule has 0 aliphatic rings. The summed E-state index contributed by atoms with van der Waals surface area (Å²) in [4.78, 5) is 13.7. The van der Waals surface area contributed by atoms with E-state index in [0.29, 0.717) is 11.3 Å². The Kier molecular flexibility index (Phi) is 1.49. The van der Waals surface area contributed by atoms with Crippen molar-refractivity contribution in [3.8, 4) is 5.75 Å². The Bertz CT molecular complexity index is 301. The van der Waals surface area contributed by atoms with Gasteiger partial charge in [0.15, 0.2) is 5.75 Å². The summed E-state index contributed by atoms with van der Waals surface area (Å²) in [5.41, 5.74) is 0.745. The Morgan fingerprint density at radius 3 is 2.60 bits per heavy atom. The van der Waals surface area contributed by atoms with Gasteiger partial charge in [-0.15, -0.1) is 0 Å². The SMILES string of the molecule is Cc1[nH]cc(C)c(=O)c1O. The number of aromatic amines is 1. The first kappa shape index (κ1) is 6.86. The Balaban J connectivity index is 3.50. The van der Waals surface area contributed by atoms with Gasteiger partial charge in [-0.3, -0.25) is 4.79 Å². The highest BCUT2D eigenvalue weighted by atomic mass is 16.3. The van der Waals surface area contributed by atoms with Crippen LogP contribution in [0.15, 0.2) is 11.0 Å². The van der Waals surface area contributed by atoms with Crippen molar-refractivity contribution in [2.45, 2.75) is 13.8 Å². The van der Waals surface area contributed by atoms with Crippen molar-refractivity contribution in [2.75, 3.05) is 0 Å². The zero-order valence-electron chi connectivity index (χ0n) is 5.93. The minimum Gasteiger partial charge on any atom is -0.503 e. The average Bonchev–Trinajstić information content (AvgIpc) is 1.93. The van der Waals surface area contributed by atoms with Gasteiger partial charge >= 0.3 is 0 Å². The van der Waals surface area contributed by atoms with Crippen LogP contribution in [0, 0.1) is 13.8 Å². The fourth-order valence-electron chi connectivity index (χ4n) is 0.707. The number of pyridine rings is 1. The van der Waals surface area contributed by atoms with Crippen LogP contribution in [-0.4, -0.2) is 10.1 Å². The van der Waals surface area contributed by atoms with Crippen molar-refractivity contribution in [2.24, 2.45) is 0 Å². The van der Waals surface area contributed by atoms with Gasteiger partial charge in [-0.05, 0) is 13.8 Å². The van der Waals surface area contributed by atoms with Gasteiger partial charge in [0, 0.05) is 11.8 Å². The number of hydrogen-bond acceptors (Lipinski definition) is 2. The molecule has 0 saturated carbocycles. The van der Waals surface area contributed by atoms with E-state index < -0.39 is 0 Å². The minimum atomic E-state index is -0.295. The maximum absolute atomic E-state index is 10.9. The normalized spacial score (nSPS) is 9.80. The fourth-order valence-corrected chi connectivity index (χ4v) is 0.707. The monoisotopic (exact) mass is 139 g/mol. The van der Waals surface area contributed by atoms with Crippen molar-refractivity contribution < 1.29 is 5.11 Å². The highest BCUT2D eigenvalue weighted by molar-refractivity contribution is 5.28. The van der Waals surface area contributed by atoms with Crippen LogP contribution in [0.2, 0.25) is 0 Å². The third kappa shape index (κ3) is 0.900. The van der Waals surface area contributed by atoms with Gasteiger partial charge in [0.2, 0.25) is 5.43 Å². The van der Waals surface area contributed by atoms with E-state index in [1.54, 1.807) is 20.0 Å². The highest BCUT2D eigenvalue weighted by Crippen LogP contribution is 2.05. The lowest BCUT2D eigenvalue weighted by atomic mass is 10.2. The zero-order valence-corrected chi connectivity index (χ0v) is 5.93. The molecule has 1 heterocycles. The van der Waals surface area contributed by atoms with E-state index in [4.69, 9.17) is 5.11 Å². The summed E-state index contributed by atoms with van der Waals surface area (Å²) in [6, 6.07) is 0. The second-order valence-electron chi connectivity index (χ2n) is 2.27. The molecule has 3 nitrogen and oxygen atoms in total. The molecule has 10 heavy (non-hydrogen) atoms. The van der Waals surface area contributed by atoms with Crippen LogP contribution >= 0.6 is 0 Å². The molecule has 1 aromatic rings. The summed E-state index contributed by atoms with van der Waals surface area (Å²) < 4.78 is 0. The van der Waals surface area contributed by atoms with Crippen LogP contribution in [0.4, 0.5) is 0 Å². The number of hydrogen-bond donors (Lipinski definition) is 2. The lowest BCUT2D eigenvalue weighted by Gasteiger charge is -1.97. The molecule has 0 fully saturated rings. The number of H-pyrrole nitrogens is 1. The van der Waals surface area contributed by atoms with Gasteiger partial charge < -0.3 is 10.1 Å². The van der Waals surface area contributed by atoms with Gasteiger partial charge in [0.1, 0.15) is 0 Å². The predicted molar refractivity (Wildman–Crippen MR) is 38.2 cm³/mol. The molecule has 0 radical (unpaired) electrons. The standard InChI is InChI=1S/C7H9NO2/c1-4-3-8-5(2)7(10)6(4)9/h3,10H,1-2H3,(H,8,9). The molecule has 3 heteroatoms. The summed E-state index contributed by atoms with van der Waals surface area (Å²) in [5.74, 6) is -0.181. The van der Waals surface area contributed by atoms with Gasteiger partial charge in [-0.25, -0.2) is 0 Å². The molecule has 0 atom stereocenters. The molecule has 0 aliphatic carbocycles. The van der Waals surface area contributed by atoms with Gasteiger partial charge in [0.05, 0.1) is 5.69 Å². The predicted octanol–water partition coefficient (Wildman–Crippen LogP) is 0.697. The summed E-state index contributed by atoms with van der Waals surface area (Å²) >= 11 is 0. The molecule has 1 rings (SSSR count). The van der Waals surface area contributed by atoms with Crippen molar-refractivity contribution in [1.29, 1.82) is 0 Å². The van der Waals surface area contributed by atoms with E-state index in [2.05, 4.69) is 4.98 Å². The van der Waals surface area contributed by atoms with Gasteiger partial charge in [-0.1, -0.05) is 0 Å². The van der Waals surface area contributed by atoms with Crippen LogP contribution in [-0.2, 0) is 0 Å². The van der Waals surface area contributed by atoms with Crippen molar-refractivity contribution in [3.05, 3.63) is 27.7 Å². The number of aryl methyl sites for hydroxylation is 2. The lowest BCUT2D eigenvalue weighted by Crippen LogP contribution is -2.06. The lowest BCUT2D eigenvalue weighted by molar-refractivity contribution is 0.461. The van der Waals surface area contributed by atoms with Crippen molar-refractivity contribution in [3.63, 3.8) is 0 Å². The van der Waals surface area contributed by atoms with E-state index in [9.17, 15) is 4.79 Å². The van der Waals surface area contributed by atoms with Gasteiger partial charge in [-0.2, -0.15) is 0 Å². The molecule has 2 N–H and O–H groups in total. The van der Waals surface area contributed by atoms with Crippen LogP contribution in [0.3, 0.4) is 0 Å². The van der Waals surface area contributed by atoms with E-state index in [-0.39, 0.29) is 11.2 Å². The Morgan fingerprint density at radius 1 is 1.50 bits per heavy atom. The number of aromatic nitrogens is 1. The van der Waals surface area contributed by atoms with Crippen LogP contribution in [0.25, 0.3) is 0 Å². The summed E-state index contributed by atoms with van der Waals surface area (Å²) in [7, 11) is 0.